The van der Waals surface area contributed by atoms with Crippen LogP contribution in [0.25, 0.3) is 0 Å². The van der Waals surface area contributed by atoms with Crippen LogP contribution >= 0.6 is 0 Å². The molecule has 182 valence electrons. The van der Waals surface area contributed by atoms with Gasteiger partial charge in [0.1, 0.15) is 13.1 Å². The molecular formula is C29H34N3O3+. The summed E-state index contributed by atoms with van der Waals surface area (Å²) in [5.74, 6) is 0.230. The van der Waals surface area contributed by atoms with Gasteiger partial charge in [0, 0.05) is 37.7 Å². The van der Waals surface area contributed by atoms with Crippen LogP contribution in [0.4, 0.5) is 5.69 Å². The Balaban J connectivity index is 1.34. The Morgan fingerprint density at radius 1 is 1.06 bits per heavy atom. The number of benzene rings is 2. The third kappa shape index (κ3) is 4.76. The molecule has 35 heavy (non-hydrogen) atoms. The van der Waals surface area contributed by atoms with Gasteiger partial charge in [0.25, 0.3) is 0 Å². The molecule has 1 N–H and O–H groups in total. The molecule has 5 unspecified atom stereocenters. The molecule has 5 atom stereocenters. The number of carbonyl (C=O) groups is 2. The highest BCUT2D eigenvalue weighted by atomic mass is 16.5. The molecule has 3 saturated heterocycles. The molecule has 0 spiro atoms. The number of ketones is 1. The number of Topliss-reactive ketones (excluding diaryl/α,β-unsaturated/α-hetero) is 1. The number of rotatable bonds is 8. The Kier molecular flexibility index (Phi) is 6.48. The Hall–Kier alpha value is -3.38. The second-order valence-electron chi connectivity index (χ2n) is 10.2. The third-order valence-electron chi connectivity index (χ3n) is 8.00. The third-order valence-corrected chi connectivity index (χ3v) is 8.00. The lowest BCUT2D eigenvalue weighted by Gasteiger charge is -2.55. The Morgan fingerprint density at radius 3 is 2.43 bits per heavy atom. The number of hydrogen-bond acceptors (Lipinski definition) is 4. The van der Waals surface area contributed by atoms with Gasteiger partial charge in [0.15, 0.2) is 12.1 Å². The number of quaternary nitrogens is 1. The first kappa shape index (κ1) is 23.4. The van der Waals surface area contributed by atoms with Crippen molar-refractivity contribution in [2.75, 3.05) is 25.0 Å². The van der Waals surface area contributed by atoms with Gasteiger partial charge < -0.3 is 19.1 Å². The van der Waals surface area contributed by atoms with Crippen LogP contribution in [0.2, 0.25) is 0 Å². The molecule has 2 bridgehead atoms. The molecule has 1 aromatic heterocycles. The van der Waals surface area contributed by atoms with Gasteiger partial charge in [-0.2, -0.15) is 0 Å². The molecule has 4 heterocycles. The summed E-state index contributed by atoms with van der Waals surface area (Å²) in [7, 11) is 1.91. The molecule has 6 nitrogen and oxygen atoms in total. The predicted octanol–water partition coefficient (Wildman–Crippen LogP) is 4.60. The average molecular weight is 473 g/mol. The van der Waals surface area contributed by atoms with Gasteiger partial charge >= 0.3 is 5.97 Å². The van der Waals surface area contributed by atoms with E-state index in [0.717, 1.165) is 36.3 Å². The molecule has 3 aromatic rings. The molecule has 3 fully saturated rings. The van der Waals surface area contributed by atoms with Crippen LogP contribution in [-0.4, -0.2) is 52.6 Å². The van der Waals surface area contributed by atoms with Gasteiger partial charge in [-0.3, -0.25) is 4.79 Å². The first-order valence-electron chi connectivity index (χ1n) is 12.5. The van der Waals surface area contributed by atoms with Gasteiger partial charge in [-0.1, -0.05) is 48.5 Å². The van der Waals surface area contributed by atoms with E-state index >= 15 is 0 Å². The first-order valence-corrected chi connectivity index (χ1v) is 12.5. The van der Waals surface area contributed by atoms with Crippen LogP contribution < -0.4 is 5.32 Å². The van der Waals surface area contributed by atoms with E-state index in [1.807, 2.05) is 90.6 Å². The number of hydrogen-bond donors (Lipinski definition) is 1. The molecular weight excluding hydrogens is 438 g/mol. The topological polar surface area (TPSA) is 60.3 Å². The van der Waals surface area contributed by atoms with E-state index in [9.17, 15) is 9.59 Å². The van der Waals surface area contributed by atoms with Crippen LogP contribution in [-0.2, 0) is 16.6 Å². The quantitative estimate of drug-likeness (QED) is 0.296. The molecule has 2 aromatic carbocycles. The fourth-order valence-corrected chi connectivity index (χ4v) is 5.93. The standard InChI is InChI=1S/C29H34N3O3/c1-21-18-23-15-17-32(21,19-26(33)25-14-9-16-31(25)2)20-27(23)35-29(34)28(22-10-5-3-6-11-22)30-24-12-7-4-8-13-24/h3-14,16,21,23,27-28,30H,15,17-20H2,1-2H3/q+1. The van der Waals surface area contributed by atoms with Crippen molar-refractivity contribution in [3.05, 3.63) is 90.3 Å². The summed E-state index contributed by atoms with van der Waals surface area (Å²) < 4.78 is 8.83. The van der Waals surface area contributed by atoms with E-state index in [2.05, 4.69) is 12.2 Å². The predicted molar refractivity (Wildman–Crippen MR) is 136 cm³/mol. The van der Waals surface area contributed by atoms with E-state index in [1.54, 1.807) is 0 Å². The molecule has 6 heteroatoms. The van der Waals surface area contributed by atoms with E-state index < -0.39 is 6.04 Å². The summed E-state index contributed by atoms with van der Waals surface area (Å²) in [6, 6.07) is 23.1. The maximum Gasteiger partial charge on any atom is 0.333 e. The molecule has 3 aliphatic heterocycles. The van der Waals surface area contributed by atoms with Crippen LogP contribution in [0.15, 0.2) is 79.0 Å². The van der Waals surface area contributed by atoms with Gasteiger partial charge in [-0.05, 0) is 36.8 Å². The van der Waals surface area contributed by atoms with Gasteiger partial charge in [0.2, 0.25) is 5.78 Å². The highest BCUT2D eigenvalue weighted by molar-refractivity contribution is 5.95. The number of aryl methyl sites for hydroxylation is 1. The fourth-order valence-electron chi connectivity index (χ4n) is 5.93. The summed E-state index contributed by atoms with van der Waals surface area (Å²) in [6.07, 6.45) is 3.68. The van der Waals surface area contributed by atoms with Gasteiger partial charge in [0.05, 0.1) is 18.3 Å². The van der Waals surface area contributed by atoms with Gasteiger partial charge in [-0.25, -0.2) is 4.79 Å². The number of ether oxygens (including phenoxy) is 1. The van der Waals surface area contributed by atoms with Crippen molar-refractivity contribution >= 4 is 17.4 Å². The number of nitrogens with zero attached hydrogens (tertiary/aromatic N) is 2. The zero-order valence-corrected chi connectivity index (χ0v) is 20.5. The van der Waals surface area contributed by atoms with Crippen LogP contribution in [0.3, 0.4) is 0 Å². The summed E-state index contributed by atoms with van der Waals surface area (Å²) in [5.41, 5.74) is 2.48. The number of piperidine rings is 3. The van der Waals surface area contributed by atoms with Crippen molar-refractivity contribution in [3.8, 4) is 0 Å². The zero-order chi connectivity index (χ0) is 24.4. The maximum absolute atomic E-state index is 13.6. The largest absolute Gasteiger partial charge is 0.454 e. The van der Waals surface area contributed by atoms with Crippen molar-refractivity contribution in [1.82, 2.24) is 4.57 Å². The van der Waals surface area contributed by atoms with E-state index in [1.165, 1.54) is 0 Å². The van der Waals surface area contributed by atoms with Crippen LogP contribution in [0.5, 0.6) is 0 Å². The molecule has 6 rings (SSSR count). The Bertz CT molecular complexity index is 1180. The number of anilines is 1. The number of fused-ring (bicyclic) bond motifs is 3. The molecule has 3 aliphatic rings. The van der Waals surface area contributed by atoms with Crippen molar-refractivity contribution in [3.63, 3.8) is 0 Å². The van der Waals surface area contributed by atoms with E-state index in [-0.39, 0.29) is 17.9 Å². The molecule has 0 saturated carbocycles. The normalized spacial score (nSPS) is 26.2. The number of aromatic nitrogens is 1. The van der Waals surface area contributed by atoms with Crippen LogP contribution in [0, 0.1) is 5.92 Å². The van der Waals surface area contributed by atoms with Gasteiger partial charge in [-0.15, -0.1) is 0 Å². The monoisotopic (exact) mass is 472 g/mol. The van der Waals surface area contributed by atoms with Crippen molar-refractivity contribution < 1.29 is 18.8 Å². The second-order valence-corrected chi connectivity index (χ2v) is 10.2. The first-order chi connectivity index (χ1) is 16.9. The van der Waals surface area contributed by atoms with E-state index in [4.69, 9.17) is 4.74 Å². The summed E-state index contributed by atoms with van der Waals surface area (Å²) in [6.45, 7) is 4.34. The maximum atomic E-state index is 13.6. The summed E-state index contributed by atoms with van der Waals surface area (Å²) in [5, 5.41) is 3.37. The minimum absolute atomic E-state index is 0.155. The fraction of sp³-hybridized carbons (Fsp3) is 0.379. The van der Waals surface area contributed by atoms with Crippen molar-refractivity contribution in [1.29, 1.82) is 0 Å². The molecule has 0 radical (unpaired) electrons. The molecule has 0 aliphatic carbocycles. The summed E-state index contributed by atoms with van der Waals surface area (Å²) in [4.78, 5) is 26.8. The lowest BCUT2D eigenvalue weighted by atomic mass is 9.78. The average Bonchev–Trinajstić information content (AvgIpc) is 3.31. The number of para-hydroxylation sites is 1. The number of nitrogens with one attached hydrogen (secondary N) is 1. The van der Waals surface area contributed by atoms with E-state index in [0.29, 0.717) is 29.5 Å². The highest BCUT2D eigenvalue weighted by Gasteiger charge is 2.53. The number of carbonyl (C=O) groups excluding carboxylic acids is 2. The molecule has 0 amide bonds. The minimum Gasteiger partial charge on any atom is -0.454 e. The number of esters is 1. The van der Waals surface area contributed by atoms with Crippen LogP contribution in [0.1, 0.15) is 41.9 Å². The Morgan fingerprint density at radius 2 is 1.77 bits per heavy atom. The highest BCUT2D eigenvalue weighted by Crippen LogP contribution is 2.40. The zero-order valence-electron chi connectivity index (χ0n) is 20.5. The minimum atomic E-state index is -0.593. The lowest BCUT2D eigenvalue weighted by Crippen LogP contribution is -2.69. The SMILES string of the molecule is CC1CC2CC[N+]1(CC(=O)c1cccn1C)CC2OC(=O)C(Nc1ccccc1)c1ccccc1. The second kappa shape index (κ2) is 9.70. The van der Waals surface area contributed by atoms with Crippen molar-refractivity contribution in [2.24, 2.45) is 13.0 Å². The summed E-state index contributed by atoms with van der Waals surface area (Å²) >= 11 is 0. The Labute approximate surface area is 207 Å². The smallest absolute Gasteiger partial charge is 0.333 e. The van der Waals surface area contributed by atoms with Crippen molar-refractivity contribution in [2.45, 2.75) is 38.0 Å². The lowest BCUT2D eigenvalue weighted by molar-refractivity contribution is -0.960.